The van der Waals surface area contributed by atoms with E-state index in [-0.39, 0.29) is 22.1 Å². The Kier molecular flexibility index (Phi) is 6.00. The Bertz CT molecular complexity index is 1120. The highest BCUT2D eigenvalue weighted by Gasteiger charge is 2.42. The van der Waals surface area contributed by atoms with Crippen LogP contribution in [0.5, 0.6) is 0 Å². The molecule has 3 aliphatic rings. The molecule has 0 fully saturated rings. The second-order valence-corrected chi connectivity index (χ2v) is 11.1. The zero-order chi connectivity index (χ0) is 22.2. The van der Waals surface area contributed by atoms with Crippen LogP contribution in [-0.4, -0.2) is 21.7 Å². The minimum absolute atomic E-state index is 0.181. The third-order valence-corrected chi connectivity index (χ3v) is 8.26. The summed E-state index contributed by atoms with van der Waals surface area (Å²) in [6.45, 7) is 3.29. The Morgan fingerprint density at radius 3 is 1.44 bits per heavy atom. The predicted octanol–water partition coefficient (Wildman–Crippen LogP) is 6.32. The fourth-order valence-electron chi connectivity index (χ4n) is 5.51. The molecule has 3 aromatic rings. The van der Waals surface area contributed by atoms with E-state index in [1.165, 1.54) is 68.0 Å². The van der Waals surface area contributed by atoms with Crippen molar-refractivity contribution in [1.82, 2.24) is 0 Å². The summed E-state index contributed by atoms with van der Waals surface area (Å²) < 4.78 is 0. The van der Waals surface area contributed by atoms with Crippen LogP contribution < -0.4 is 0 Å². The van der Waals surface area contributed by atoms with Crippen molar-refractivity contribution in [2.45, 2.75) is 38.5 Å². The third-order valence-electron chi connectivity index (χ3n) is 6.63. The van der Waals surface area contributed by atoms with Crippen LogP contribution in [-0.2, 0) is 22.4 Å². The van der Waals surface area contributed by atoms with Crippen molar-refractivity contribution in [3.05, 3.63) is 105 Å². The summed E-state index contributed by atoms with van der Waals surface area (Å²) >= 11 is 2.83. The second-order valence-electron chi connectivity index (χ2n) is 8.52. The van der Waals surface area contributed by atoms with E-state index >= 15 is 0 Å². The summed E-state index contributed by atoms with van der Waals surface area (Å²) in [6, 6.07) is 22.3. The molecule has 0 saturated carbocycles. The molecule has 3 aromatic carbocycles. The molecule has 2 atom stereocenters. The highest BCUT2D eigenvalue weighted by atomic mass is 32.2. The Morgan fingerprint density at radius 1 is 0.625 bits per heavy atom. The molecule has 0 radical (unpaired) electrons. The van der Waals surface area contributed by atoms with Gasteiger partial charge in [-0.25, -0.2) is 0 Å². The van der Waals surface area contributed by atoms with Crippen molar-refractivity contribution < 1.29 is 9.59 Å². The number of aryl methyl sites for hydroxylation is 2. The van der Waals surface area contributed by atoms with Gasteiger partial charge in [0.25, 0.3) is 0 Å². The fraction of sp³-hybridized carbons (Fsp3) is 0.286. The van der Waals surface area contributed by atoms with E-state index < -0.39 is 0 Å². The van der Waals surface area contributed by atoms with Gasteiger partial charge in [-0.2, -0.15) is 0 Å². The second kappa shape index (κ2) is 8.92. The van der Waals surface area contributed by atoms with Crippen LogP contribution in [0.15, 0.2) is 60.7 Å². The molecule has 162 valence electrons. The molecule has 3 aliphatic carbocycles. The van der Waals surface area contributed by atoms with Crippen LogP contribution in [0.1, 0.15) is 70.2 Å². The van der Waals surface area contributed by atoms with Gasteiger partial charge in [-0.1, -0.05) is 84.2 Å². The minimum Gasteiger partial charge on any atom is -0.288 e. The molecule has 0 amide bonds. The molecular weight excluding hydrogens is 432 g/mol. The van der Waals surface area contributed by atoms with Crippen LogP contribution in [0, 0.1) is 0 Å². The van der Waals surface area contributed by atoms with E-state index in [1.54, 1.807) is 13.8 Å². The van der Waals surface area contributed by atoms with Crippen molar-refractivity contribution in [3.8, 4) is 0 Å². The van der Waals surface area contributed by atoms with Crippen LogP contribution >= 0.6 is 23.5 Å². The molecule has 6 rings (SSSR count). The first-order valence-electron chi connectivity index (χ1n) is 11.1. The standard InChI is InChI=1S/C28H26O2S2/c1-17(29)31-15-13-19-7-5-11-23-25(19)27-21-9-3-4-10-22(21)28(23)26-20(8-6-12-24(26)27)14-16-32-18(2)30/h3-12,27-28H,13-16H2,1-2H3. The summed E-state index contributed by atoms with van der Waals surface area (Å²) in [5.41, 5.74) is 11.3. The molecule has 2 bridgehead atoms. The van der Waals surface area contributed by atoms with Crippen molar-refractivity contribution in [2.75, 3.05) is 11.5 Å². The SMILES string of the molecule is CC(=O)SCCc1cccc2c1C1c3ccccc3C2c2c(CCSC(C)=O)cccc21. The monoisotopic (exact) mass is 458 g/mol. The Morgan fingerprint density at radius 2 is 1.03 bits per heavy atom. The number of rotatable bonds is 6. The molecule has 32 heavy (non-hydrogen) atoms. The first kappa shape index (κ1) is 21.5. The summed E-state index contributed by atoms with van der Waals surface area (Å²) in [7, 11) is 0. The maximum absolute atomic E-state index is 11.5. The highest BCUT2D eigenvalue weighted by molar-refractivity contribution is 8.13. The Balaban J connectivity index is 1.62. The fourth-order valence-corrected chi connectivity index (χ4v) is 6.73. The third kappa shape index (κ3) is 3.74. The van der Waals surface area contributed by atoms with E-state index in [4.69, 9.17) is 0 Å². The topological polar surface area (TPSA) is 34.1 Å². The zero-order valence-corrected chi connectivity index (χ0v) is 20.0. The van der Waals surface area contributed by atoms with Crippen molar-refractivity contribution in [2.24, 2.45) is 0 Å². The predicted molar refractivity (Wildman–Crippen MR) is 135 cm³/mol. The van der Waals surface area contributed by atoms with Crippen molar-refractivity contribution >= 4 is 33.8 Å². The van der Waals surface area contributed by atoms with E-state index in [0.717, 1.165) is 24.3 Å². The van der Waals surface area contributed by atoms with E-state index in [2.05, 4.69) is 60.7 Å². The van der Waals surface area contributed by atoms with E-state index in [9.17, 15) is 9.59 Å². The van der Waals surface area contributed by atoms with Gasteiger partial charge in [0.15, 0.2) is 10.2 Å². The summed E-state index contributed by atoms with van der Waals surface area (Å²) in [4.78, 5) is 23.0. The molecule has 4 heteroatoms. The largest absolute Gasteiger partial charge is 0.288 e. The van der Waals surface area contributed by atoms with Crippen LogP contribution in [0.25, 0.3) is 0 Å². The molecule has 0 N–H and O–H groups in total. The Labute approximate surface area is 198 Å². The average molecular weight is 459 g/mol. The van der Waals surface area contributed by atoms with Gasteiger partial charge >= 0.3 is 0 Å². The molecule has 2 unspecified atom stereocenters. The normalized spacial score (nSPS) is 17.4. The molecule has 0 spiro atoms. The number of thioether (sulfide) groups is 2. The lowest BCUT2D eigenvalue weighted by Gasteiger charge is -2.44. The molecule has 0 aliphatic heterocycles. The van der Waals surface area contributed by atoms with Gasteiger partial charge in [0.2, 0.25) is 0 Å². The molecular formula is C28H26O2S2. The first-order chi connectivity index (χ1) is 15.6. The maximum Gasteiger partial charge on any atom is 0.185 e. The van der Waals surface area contributed by atoms with E-state index in [0.29, 0.717) is 0 Å². The van der Waals surface area contributed by atoms with Crippen LogP contribution in [0.3, 0.4) is 0 Å². The maximum atomic E-state index is 11.5. The molecule has 0 aromatic heterocycles. The van der Waals surface area contributed by atoms with Gasteiger partial charge in [-0.05, 0) is 57.3 Å². The van der Waals surface area contributed by atoms with Gasteiger partial charge in [0.1, 0.15) is 0 Å². The number of carbonyl (C=O) groups is 2. The van der Waals surface area contributed by atoms with Gasteiger partial charge in [-0.15, -0.1) is 0 Å². The smallest absolute Gasteiger partial charge is 0.185 e. The summed E-state index contributed by atoms with van der Waals surface area (Å²) in [6.07, 6.45) is 1.81. The van der Waals surface area contributed by atoms with Gasteiger partial charge in [-0.3, -0.25) is 9.59 Å². The Hall–Kier alpha value is -2.30. The number of carbonyl (C=O) groups excluding carboxylic acids is 2. The summed E-state index contributed by atoms with van der Waals surface area (Å²) in [5, 5.41) is 0.361. The van der Waals surface area contributed by atoms with E-state index in [1.807, 2.05) is 0 Å². The van der Waals surface area contributed by atoms with Crippen molar-refractivity contribution in [1.29, 1.82) is 0 Å². The molecule has 2 nitrogen and oxygen atoms in total. The zero-order valence-electron chi connectivity index (χ0n) is 18.4. The lowest BCUT2D eigenvalue weighted by molar-refractivity contribution is -0.109. The summed E-state index contributed by atoms with van der Waals surface area (Å²) in [5.74, 6) is 2.11. The number of benzene rings is 3. The average Bonchev–Trinajstić information content (AvgIpc) is 2.78. The minimum atomic E-state index is 0.181. The van der Waals surface area contributed by atoms with Gasteiger partial charge in [0.05, 0.1) is 0 Å². The number of hydrogen-bond acceptors (Lipinski definition) is 4. The van der Waals surface area contributed by atoms with Gasteiger partial charge in [0, 0.05) is 37.2 Å². The lowest BCUT2D eigenvalue weighted by Crippen LogP contribution is -2.30. The lowest BCUT2D eigenvalue weighted by atomic mass is 9.59. The van der Waals surface area contributed by atoms with Gasteiger partial charge < -0.3 is 0 Å². The van der Waals surface area contributed by atoms with Crippen LogP contribution in [0.4, 0.5) is 0 Å². The van der Waals surface area contributed by atoms with Crippen molar-refractivity contribution in [3.63, 3.8) is 0 Å². The highest BCUT2D eigenvalue weighted by Crippen LogP contribution is 2.57. The first-order valence-corrected chi connectivity index (χ1v) is 13.1. The quantitative estimate of drug-likeness (QED) is 0.298. The molecule has 0 heterocycles. The molecule has 0 saturated heterocycles. The van der Waals surface area contributed by atoms with Crippen LogP contribution in [0.2, 0.25) is 0 Å². The number of hydrogen-bond donors (Lipinski definition) is 0.